The number of hydrogen-bond donors (Lipinski definition) is 1. The number of hydrogen-bond acceptors (Lipinski definition) is 6. The molecule has 0 bridgehead atoms. The van der Waals surface area contributed by atoms with E-state index in [9.17, 15) is 14.7 Å². The summed E-state index contributed by atoms with van der Waals surface area (Å²) in [4.78, 5) is 28.2. The molecule has 0 aromatic heterocycles. The summed E-state index contributed by atoms with van der Waals surface area (Å²) in [6.07, 6.45) is 0. The largest absolute Gasteiger partial charge is 0.507 e. The summed E-state index contributed by atoms with van der Waals surface area (Å²) in [6.45, 7) is 8.43. The number of methoxy groups -OCH3 is 2. The highest BCUT2D eigenvalue weighted by molar-refractivity contribution is 6.46. The van der Waals surface area contributed by atoms with E-state index in [4.69, 9.17) is 14.2 Å². The maximum Gasteiger partial charge on any atom is 0.295 e. The van der Waals surface area contributed by atoms with Gasteiger partial charge >= 0.3 is 0 Å². The van der Waals surface area contributed by atoms with Gasteiger partial charge < -0.3 is 24.2 Å². The zero-order chi connectivity index (χ0) is 28.3. The van der Waals surface area contributed by atoms with Gasteiger partial charge in [-0.3, -0.25) is 9.59 Å². The molecule has 1 amide bonds. The number of aliphatic hydroxyl groups is 1. The van der Waals surface area contributed by atoms with E-state index >= 15 is 0 Å². The van der Waals surface area contributed by atoms with E-state index in [2.05, 4.69) is 20.8 Å². The molecule has 3 aromatic rings. The molecule has 1 N–H and O–H groups in total. The van der Waals surface area contributed by atoms with Crippen LogP contribution < -0.4 is 14.2 Å². The Morgan fingerprint density at radius 3 is 2.00 bits per heavy atom. The van der Waals surface area contributed by atoms with Crippen LogP contribution in [0.3, 0.4) is 0 Å². The molecule has 0 radical (unpaired) electrons. The van der Waals surface area contributed by atoms with Crippen molar-refractivity contribution < 1.29 is 28.9 Å². The van der Waals surface area contributed by atoms with Crippen molar-refractivity contribution in [2.45, 2.75) is 39.2 Å². The van der Waals surface area contributed by atoms with Crippen LogP contribution in [0.2, 0.25) is 0 Å². The second kappa shape index (κ2) is 11.2. The Balaban J connectivity index is 1.74. The zero-order valence-corrected chi connectivity index (χ0v) is 23.3. The molecule has 4 rings (SSSR count). The van der Waals surface area contributed by atoms with E-state index in [1.807, 2.05) is 25.1 Å². The van der Waals surface area contributed by atoms with Gasteiger partial charge in [0.25, 0.3) is 11.7 Å². The quantitative estimate of drug-likeness (QED) is 0.225. The monoisotopic (exact) mass is 529 g/mol. The molecule has 1 heterocycles. The van der Waals surface area contributed by atoms with Crippen molar-refractivity contribution in [3.8, 4) is 17.2 Å². The lowest BCUT2D eigenvalue weighted by Gasteiger charge is -2.26. The van der Waals surface area contributed by atoms with Crippen LogP contribution in [0.15, 0.2) is 72.3 Å². The second-order valence-electron chi connectivity index (χ2n) is 10.6. The Morgan fingerprint density at radius 1 is 0.872 bits per heavy atom. The summed E-state index contributed by atoms with van der Waals surface area (Å²) < 4.78 is 16.3. The van der Waals surface area contributed by atoms with Gasteiger partial charge in [-0.05, 0) is 71.5 Å². The van der Waals surface area contributed by atoms with Crippen molar-refractivity contribution in [3.05, 3.63) is 94.6 Å². The van der Waals surface area contributed by atoms with Crippen molar-refractivity contribution >= 4 is 17.4 Å². The van der Waals surface area contributed by atoms with Gasteiger partial charge in [-0.2, -0.15) is 0 Å². The lowest BCUT2D eigenvalue weighted by molar-refractivity contribution is -0.140. The first-order valence-corrected chi connectivity index (χ1v) is 12.9. The maximum absolute atomic E-state index is 13.4. The van der Waals surface area contributed by atoms with Crippen LogP contribution >= 0.6 is 0 Å². The minimum Gasteiger partial charge on any atom is -0.507 e. The Bertz CT molecular complexity index is 1380. The lowest BCUT2D eigenvalue weighted by atomic mass is 9.84. The highest BCUT2D eigenvalue weighted by Crippen LogP contribution is 2.40. The fraction of sp³-hybridized carbons (Fsp3) is 0.312. The van der Waals surface area contributed by atoms with E-state index in [1.165, 1.54) is 4.90 Å². The number of ether oxygens (including phenoxy) is 3. The molecule has 0 aliphatic carbocycles. The molecule has 1 unspecified atom stereocenters. The zero-order valence-electron chi connectivity index (χ0n) is 23.3. The van der Waals surface area contributed by atoms with Gasteiger partial charge in [0, 0.05) is 5.56 Å². The molecule has 204 valence electrons. The highest BCUT2D eigenvalue weighted by atomic mass is 16.5. The minimum atomic E-state index is -0.784. The van der Waals surface area contributed by atoms with E-state index in [-0.39, 0.29) is 29.9 Å². The summed E-state index contributed by atoms with van der Waals surface area (Å²) in [5.41, 5.74) is 2.94. The molecular formula is C32H35NO6. The van der Waals surface area contributed by atoms with E-state index in [0.29, 0.717) is 28.4 Å². The number of likely N-dealkylation sites (tertiary alicyclic amines) is 1. The number of Topliss-reactive ketones (excluding diaryl/α,β-unsaturated/α-hetero) is 1. The summed E-state index contributed by atoms with van der Waals surface area (Å²) in [5, 5.41) is 11.6. The van der Waals surface area contributed by atoms with Gasteiger partial charge in [-0.1, -0.05) is 45.0 Å². The third-order valence-electron chi connectivity index (χ3n) is 6.99. The van der Waals surface area contributed by atoms with Crippen LogP contribution in [0.25, 0.3) is 5.76 Å². The number of aliphatic hydroxyl groups excluding tert-OH is 1. The second-order valence-corrected chi connectivity index (χ2v) is 10.6. The van der Waals surface area contributed by atoms with Crippen LogP contribution in [-0.4, -0.2) is 49.1 Å². The third-order valence-corrected chi connectivity index (χ3v) is 6.99. The molecule has 0 spiro atoms. The predicted octanol–water partition coefficient (Wildman–Crippen LogP) is 5.81. The Morgan fingerprint density at radius 2 is 1.44 bits per heavy atom. The lowest BCUT2D eigenvalue weighted by Crippen LogP contribution is -2.33. The highest BCUT2D eigenvalue weighted by Gasteiger charge is 2.46. The molecule has 0 saturated carbocycles. The first-order chi connectivity index (χ1) is 18.5. The van der Waals surface area contributed by atoms with Crippen molar-refractivity contribution in [2.24, 2.45) is 0 Å². The standard InChI is InChI=1S/C32H35NO6/c1-20-7-10-22(32(2,3)4)19-26(20)29(34)27-28(21-8-11-23(37-5)12-9-21)33(31(36)30(27)35)17-18-39-25-15-13-24(38-6)14-16-25/h7-16,19,28,34H,17-18H2,1-6H3/b29-27+. The fourth-order valence-electron chi connectivity index (χ4n) is 4.67. The molecule has 1 saturated heterocycles. The van der Waals surface area contributed by atoms with Crippen molar-refractivity contribution in [1.82, 2.24) is 4.90 Å². The fourth-order valence-corrected chi connectivity index (χ4v) is 4.67. The predicted molar refractivity (Wildman–Crippen MR) is 150 cm³/mol. The smallest absolute Gasteiger partial charge is 0.295 e. The van der Waals surface area contributed by atoms with E-state index < -0.39 is 17.7 Å². The van der Waals surface area contributed by atoms with Crippen LogP contribution in [0, 0.1) is 6.92 Å². The summed E-state index contributed by atoms with van der Waals surface area (Å²) in [5.74, 6) is 0.378. The number of aryl methyl sites for hydroxylation is 1. The number of ketones is 1. The first kappa shape index (κ1) is 27.8. The number of nitrogens with zero attached hydrogens (tertiary/aromatic N) is 1. The van der Waals surface area contributed by atoms with E-state index in [0.717, 1.165) is 11.1 Å². The summed E-state index contributed by atoms with van der Waals surface area (Å²) in [6, 6.07) is 19.3. The maximum atomic E-state index is 13.4. The molecule has 1 aliphatic rings. The summed E-state index contributed by atoms with van der Waals surface area (Å²) >= 11 is 0. The van der Waals surface area contributed by atoms with Crippen molar-refractivity contribution in [1.29, 1.82) is 0 Å². The Hall–Kier alpha value is -4.26. The Kier molecular flexibility index (Phi) is 8.00. The molecule has 3 aromatic carbocycles. The van der Waals surface area contributed by atoms with Gasteiger partial charge in [0.1, 0.15) is 29.6 Å². The topological polar surface area (TPSA) is 85.3 Å². The number of carbonyl (C=O) groups is 2. The van der Waals surface area contributed by atoms with Gasteiger partial charge in [0.15, 0.2) is 0 Å². The molecular weight excluding hydrogens is 494 g/mol. The van der Waals surface area contributed by atoms with Crippen LogP contribution in [0.1, 0.15) is 49.1 Å². The van der Waals surface area contributed by atoms with Crippen LogP contribution in [0.5, 0.6) is 17.2 Å². The van der Waals surface area contributed by atoms with Gasteiger partial charge in [-0.25, -0.2) is 0 Å². The normalized spacial score (nSPS) is 16.9. The van der Waals surface area contributed by atoms with Crippen molar-refractivity contribution in [2.75, 3.05) is 27.4 Å². The van der Waals surface area contributed by atoms with Crippen molar-refractivity contribution in [3.63, 3.8) is 0 Å². The number of amides is 1. The number of carbonyl (C=O) groups excluding carboxylic acids is 2. The molecule has 1 fully saturated rings. The molecule has 7 nitrogen and oxygen atoms in total. The van der Waals surface area contributed by atoms with Crippen LogP contribution in [-0.2, 0) is 15.0 Å². The summed E-state index contributed by atoms with van der Waals surface area (Å²) in [7, 11) is 3.16. The molecule has 39 heavy (non-hydrogen) atoms. The minimum absolute atomic E-state index is 0.0590. The van der Waals surface area contributed by atoms with Gasteiger partial charge in [0.2, 0.25) is 0 Å². The number of rotatable bonds is 8. The molecule has 1 atom stereocenters. The average Bonchev–Trinajstić information content (AvgIpc) is 3.17. The number of benzene rings is 3. The SMILES string of the molecule is COc1ccc(OCCN2C(=O)C(=O)/C(=C(/O)c3cc(C(C)(C)C)ccc3C)C2c2ccc(OC)cc2)cc1. The molecule has 1 aliphatic heterocycles. The molecule has 7 heteroatoms. The first-order valence-electron chi connectivity index (χ1n) is 12.9. The average molecular weight is 530 g/mol. The Labute approximate surface area is 229 Å². The van der Waals surface area contributed by atoms with Crippen LogP contribution in [0.4, 0.5) is 0 Å². The van der Waals surface area contributed by atoms with Gasteiger partial charge in [-0.15, -0.1) is 0 Å². The third kappa shape index (κ3) is 5.77. The van der Waals surface area contributed by atoms with Gasteiger partial charge in [0.05, 0.1) is 32.4 Å². The van der Waals surface area contributed by atoms with E-state index in [1.54, 1.807) is 62.8 Å².